The van der Waals surface area contributed by atoms with Crippen LogP contribution in [0.3, 0.4) is 0 Å². The zero-order chi connectivity index (χ0) is 14.7. The number of nitro benzene ring substituents is 1. The highest BCUT2D eigenvalue weighted by molar-refractivity contribution is 7.07. The molecule has 1 fully saturated rings. The molecule has 21 heavy (non-hydrogen) atoms. The van der Waals surface area contributed by atoms with E-state index in [1.165, 1.54) is 24.2 Å². The third kappa shape index (κ3) is 3.77. The number of thiazole rings is 1. The smallest absolute Gasteiger partial charge is 0.311 e. The number of benzene rings is 1. The van der Waals surface area contributed by atoms with E-state index in [1.54, 1.807) is 17.6 Å². The number of nitrogens with zero attached hydrogens (tertiary/aromatic N) is 2. The van der Waals surface area contributed by atoms with E-state index in [-0.39, 0.29) is 18.0 Å². The number of nitro groups is 1. The molecule has 1 aromatic carbocycles. The van der Waals surface area contributed by atoms with Gasteiger partial charge in [0.25, 0.3) is 0 Å². The Morgan fingerprint density at radius 1 is 1.48 bits per heavy atom. The molecule has 1 N–H and O–H groups in total. The first-order valence-corrected chi connectivity index (χ1v) is 7.67. The summed E-state index contributed by atoms with van der Waals surface area (Å²) in [4.78, 5) is 14.9. The fourth-order valence-electron chi connectivity index (χ4n) is 1.95. The van der Waals surface area contributed by atoms with Crippen LogP contribution in [0.2, 0.25) is 0 Å². The molecular formula is C14H15N3O3S. The molecule has 1 aliphatic carbocycles. The second-order valence-electron chi connectivity index (χ2n) is 4.98. The van der Waals surface area contributed by atoms with E-state index in [0.29, 0.717) is 12.6 Å². The molecular weight excluding hydrogens is 290 g/mol. The fourth-order valence-corrected chi connectivity index (χ4v) is 2.49. The van der Waals surface area contributed by atoms with Crippen molar-refractivity contribution in [2.24, 2.45) is 0 Å². The fraction of sp³-hybridized carbons (Fsp3) is 0.357. The maximum absolute atomic E-state index is 11.2. The maximum Gasteiger partial charge on any atom is 0.311 e. The van der Waals surface area contributed by atoms with Crippen molar-refractivity contribution in [3.8, 4) is 5.75 Å². The third-order valence-electron chi connectivity index (χ3n) is 3.25. The molecule has 0 unspecified atom stereocenters. The van der Waals surface area contributed by atoms with Crippen LogP contribution in [0.4, 0.5) is 5.69 Å². The Morgan fingerprint density at radius 2 is 2.33 bits per heavy atom. The Kier molecular flexibility index (Phi) is 4.12. The highest BCUT2D eigenvalue weighted by atomic mass is 32.1. The molecule has 110 valence electrons. The van der Waals surface area contributed by atoms with Gasteiger partial charge in [-0.2, -0.15) is 0 Å². The summed E-state index contributed by atoms with van der Waals surface area (Å²) in [5.41, 5.74) is 3.38. The molecule has 0 aliphatic heterocycles. The van der Waals surface area contributed by atoms with Crippen molar-refractivity contribution >= 4 is 17.0 Å². The van der Waals surface area contributed by atoms with Crippen LogP contribution in [0.5, 0.6) is 5.75 Å². The van der Waals surface area contributed by atoms with E-state index in [2.05, 4.69) is 10.3 Å². The number of rotatable bonds is 7. The van der Waals surface area contributed by atoms with Crippen LogP contribution in [0.25, 0.3) is 0 Å². The van der Waals surface area contributed by atoms with Crippen LogP contribution in [0.1, 0.15) is 24.1 Å². The normalized spacial score (nSPS) is 14.1. The van der Waals surface area contributed by atoms with Crippen molar-refractivity contribution in [3.63, 3.8) is 0 Å². The molecule has 3 rings (SSSR count). The Morgan fingerprint density at radius 3 is 3.00 bits per heavy atom. The molecule has 6 nitrogen and oxygen atoms in total. The molecule has 0 spiro atoms. The highest BCUT2D eigenvalue weighted by Gasteiger charge is 2.21. The van der Waals surface area contributed by atoms with E-state index >= 15 is 0 Å². The summed E-state index contributed by atoms with van der Waals surface area (Å²) in [6.07, 6.45) is 2.38. The second kappa shape index (κ2) is 6.19. The number of aromatic nitrogens is 1. The Labute approximate surface area is 125 Å². The van der Waals surface area contributed by atoms with Gasteiger partial charge in [0, 0.05) is 24.0 Å². The summed E-state index contributed by atoms with van der Waals surface area (Å²) in [6, 6.07) is 5.67. The Bertz CT molecular complexity index is 626. The van der Waals surface area contributed by atoms with Crippen LogP contribution in [-0.2, 0) is 13.2 Å². The molecule has 0 atom stereocenters. The zero-order valence-corrected chi connectivity index (χ0v) is 12.1. The van der Waals surface area contributed by atoms with Gasteiger partial charge in [-0.25, -0.2) is 4.98 Å². The number of hydrogen-bond donors (Lipinski definition) is 1. The van der Waals surface area contributed by atoms with Gasteiger partial charge in [-0.1, -0.05) is 6.07 Å². The molecule has 1 saturated carbocycles. The van der Waals surface area contributed by atoms with Crippen LogP contribution >= 0.6 is 11.3 Å². The minimum absolute atomic E-state index is 0.000302. The first-order chi connectivity index (χ1) is 10.2. The lowest BCUT2D eigenvalue weighted by Gasteiger charge is -2.08. The van der Waals surface area contributed by atoms with E-state index in [0.717, 1.165) is 11.3 Å². The van der Waals surface area contributed by atoms with Gasteiger partial charge in [0.15, 0.2) is 5.75 Å². The lowest BCUT2D eigenvalue weighted by molar-refractivity contribution is -0.386. The van der Waals surface area contributed by atoms with Gasteiger partial charge in [0.1, 0.15) is 6.61 Å². The highest BCUT2D eigenvalue weighted by Crippen LogP contribution is 2.29. The largest absolute Gasteiger partial charge is 0.480 e. The van der Waals surface area contributed by atoms with E-state index in [4.69, 9.17) is 4.74 Å². The maximum atomic E-state index is 11.2. The predicted octanol–water partition coefficient (Wildman–Crippen LogP) is 2.88. The van der Waals surface area contributed by atoms with Crippen molar-refractivity contribution in [2.75, 3.05) is 0 Å². The molecule has 0 amide bonds. The lowest BCUT2D eigenvalue weighted by Crippen LogP contribution is -2.15. The third-order valence-corrected chi connectivity index (χ3v) is 3.89. The van der Waals surface area contributed by atoms with Gasteiger partial charge in [0.2, 0.25) is 0 Å². The summed E-state index contributed by atoms with van der Waals surface area (Å²) in [6.45, 7) is 0.891. The summed E-state index contributed by atoms with van der Waals surface area (Å²) in [5, 5.41) is 16.4. The molecule has 2 aromatic rings. The molecule has 7 heteroatoms. The summed E-state index contributed by atoms with van der Waals surface area (Å²) >= 11 is 1.47. The van der Waals surface area contributed by atoms with E-state index in [9.17, 15) is 10.1 Å². The van der Waals surface area contributed by atoms with Crippen LogP contribution in [0, 0.1) is 10.1 Å². The standard InChI is InChI=1S/C14H15N3O3S/c18-17(19)13-5-10(6-15-11-2-3-11)1-4-14(13)20-7-12-8-21-9-16-12/h1,4-5,8-9,11,15H,2-3,6-7H2. The molecule has 0 radical (unpaired) electrons. The average Bonchev–Trinajstić information content (AvgIpc) is 3.17. The molecule has 1 heterocycles. The minimum atomic E-state index is -0.406. The Hall–Kier alpha value is -1.99. The summed E-state index contributed by atoms with van der Waals surface area (Å²) < 4.78 is 5.52. The molecule has 1 aromatic heterocycles. The van der Waals surface area contributed by atoms with Crippen molar-refractivity contribution in [1.82, 2.24) is 10.3 Å². The van der Waals surface area contributed by atoms with Crippen LogP contribution in [-0.4, -0.2) is 15.9 Å². The van der Waals surface area contributed by atoms with Gasteiger partial charge in [-0.3, -0.25) is 10.1 Å². The number of ether oxygens (including phenoxy) is 1. The lowest BCUT2D eigenvalue weighted by atomic mass is 10.2. The van der Waals surface area contributed by atoms with Crippen molar-refractivity contribution in [2.45, 2.75) is 32.0 Å². The number of nitrogens with one attached hydrogen (secondary N) is 1. The van der Waals surface area contributed by atoms with E-state index < -0.39 is 4.92 Å². The van der Waals surface area contributed by atoms with Gasteiger partial charge in [-0.05, 0) is 24.5 Å². The van der Waals surface area contributed by atoms with Crippen LogP contribution in [0.15, 0.2) is 29.1 Å². The van der Waals surface area contributed by atoms with Gasteiger partial charge >= 0.3 is 5.69 Å². The second-order valence-corrected chi connectivity index (χ2v) is 5.70. The first-order valence-electron chi connectivity index (χ1n) is 6.73. The zero-order valence-electron chi connectivity index (χ0n) is 11.3. The predicted molar refractivity (Wildman–Crippen MR) is 79.4 cm³/mol. The van der Waals surface area contributed by atoms with Gasteiger partial charge < -0.3 is 10.1 Å². The topological polar surface area (TPSA) is 77.3 Å². The minimum Gasteiger partial charge on any atom is -0.480 e. The van der Waals surface area contributed by atoms with E-state index in [1.807, 2.05) is 11.4 Å². The molecule has 0 bridgehead atoms. The number of hydrogen-bond acceptors (Lipinski definition) is 6. The SMILES string of the molecule is O=[N+]([O-])c1cc(CNC2CC2)ccc1OCc1cscn1. The van der Waals surface area contributed by atoms with Crippen molar-refractivity contribution in [3.05, 3.63) is 50.5 Å². The monoisotopic (exact) mass is 305 g/mol. The quantitative estimate of drug-likeness (QED) is 0.628. The summed E-state index contributed by atoms with van der Waals surface area (Å²) in [5.74, 6) is 0.281. The van der Waals surface area contributed by atoms with Crippen molar-refractivity contribution < 1.29 is 9.66 Å². The molecule has 1 aliphatic rings. The first kappa shape index (κ1) is 14.0. The summed E-state index contributed by atoms with van der Waals surface area (Å²) in [7, 11) is 0. The van der Waals surface area contributed by atoms with Crippen molar-refractivity contribution in [1.29, 1.82) is 0 Å². The van der Waals surface area contributed by atoms with Gasteiger partial charge in [0.05, 0.1) is 16.1 Å². The molecule has 0 saturated heterocycles. The average molecular weight is 305 g/mol. The van der Waals surface area contributed by atoms with Crippen LogP contribution < -0.4 is 10.1 Å². The Balaban J connectivity index is 1.70. The van der Waals surface area contributed by atoms with Gasteiger partial charge in [-0.15, -0.1) is 11.3 Å².